The van der Waals surface area contributed by atoms with Crippen LogP contribution < -0.4 is 0 Å². The van der Waals surface area contributed by atoms with Gasteiger partial charge in [0.25, 0.3) is 0 Å². The molecule has 0 heterocycles. The lowest BCUT2D eigenvalue weighted by atomic mass is 9.99. The summed E-state index contributed by atoms with van der Waals surface area (Å²) in [6.45, 7) is 0. The topological polar surface area (TPSA) is 17.1 Å². The molecule has 1 aromatic rings. The second-order valence-electron chi connectivity index (χ2n) is 3.72. The van der Waals surface area contributed by atoms with Gasteiger partial charge in [0.15, 0.2) is 0 Å². The average Bonchev–Trinajstić information content (AvgIpc) is 2.25. The first-order chi connectivity index (χ1) is 9.23. The Kier molecular flexibility index (Phi) is 4.39. The zero-order valence-corrected chi connectivity index (χ0v) is 10.9. The standard InChI is InChI=1S/C10H2BrF9O/c11-3-1-4(12)6(5(13)2-3)7(21)8(14,15)9(16,17)10(18,19)20/h1-2H. The summed E-state index contributed by atoms with van der Waals surface area (Å²) < 4.78 is 113. The van der Waals surface area contributed by atoms with Crippen molar-refractivity contribution in [1.82, 2.24) is 0 Å². The van der Waals surface area contributed by atoms with Gasteiger partial charge in [-0.15, -0.1) is 0 Å². The van der Waals surface area contributed by atoms with Crippen LogP contribution in [0, 0.1) is 11.6 Å². The molecule has 0 aliphatic rings. The molecule has 118 valence electrons. The van der Waals surface area contributed by atoms with Crippen LogP contribution in [0.5, 0.6) is 0 Å². The summed E-state index contributed by atoms with van der Waals surface area (Å²) in [4.78, 5) is 11.1. The number of carbonyl (C=O) groups is 1. The van der Waals surface area contributed by atoms with Gasteiger partial charge in [-0.25, -0.2) is 8.78 Å². The van der Waals surface area contributed by atoms with Crippen molar-refractivity contribution < 1.29 is 44.3 Å². The maximum Gasteiger partial charge on any atom is 0.460 e. The molecule has 11 heteroatoms. The molecule has 0 saturated carbocycles. The predicted molar refractivity (Wildman–Crippen MR) is 54.3 cm³/mol. The Morgan fingerprint density at radius 3 is 1.62 bits per heavy atom. The Labute approximate surface area is 118 Å². The molecule has 0 fully saturated rings. The van der Waals surface area contributed by atoms with Gasteiger partial charge in [-0.1, -0.05) is 15.9 Å². The Bertz CT molecular complexity index is 555. The van der Waals surface area contributed by atoms with Crippen LogP contribution in [-0.4, -0.2) is 23.8 Å². The van der Waals surface area contributed by atoms with Crippen molar-refractivity contribution in [3.8, 4) is 0 Å². The van der Waals surface area contributed by atoms with E-state index in [1.165, 1.54) is 0 Å². The molecule has 0 unspecified atom stereocenters. The highest BCUT2D eigenvalue weighted by atomic mass is 79.9. The van der Waals surface area contributed by atoms with Gasteiger partial charge in [-0.3, -0.25) is 4.79 Å². The van der Waals surface area contributed by atoms with Crippen molar-refractivity contribution in [3.05, 3.63) is 33.8 Å². The van der Waals surface area contributed by atoms with E-state index < -0.39 is 41.0 Å². The zero-order valence-electron chi connectivity index (χ0n) is 9.34. The molecular formula is C10H2BrF9O. The largest absolute Gasteiger partial charge is 0.460 e. The molecule has 0 aliphatic carbocycles. The van der Waals surface area contributed by atoms with Crippen molar-refractivity contribution in [2.24, 2.45) is 0 Å². The summed E-state index contributed by atoms with van der Waals surface area (Å²) in [6, 6.07) is 0.524. The van der Waals surface area contributed by atoms with Crippen LogP contribution in [0.1, 0.15) is 10.4 Å². The van der Waals surface area contributed by atoms with Crippen LogP contribution in [0.4, 0.5) is 39.5 Å². The van der Waals surface area contributed by atoms with Crippen molar-refractivity contribution in [1.29, 1.82) is 0 Å². The van der Waals surface area contributed by atoms with E-state index in [1.54, 1.807) is 0 Å². The quantitative estimate of drug-likeness (QED) is 0.539. The van der Waals surface area contributed by atoms with Crippen LogP contribution in [-0.2, 0) is 0 Å². The fraction of sp³-hybridized carbons (Fsp3) is 0.300. The Hall–Kier alpha value is -1.26. The first kappa shape index (κ1) is 17.8. The third-order valence-electron chi connectivity index (χ3n) is 2.27. The van der Waals surface area contributed by atoms with Gasteiger partial charge in [0.2, 0.25) is 5.78 Å². The minimum absolute atomic E-state index is 0.262. The predicted octanol–water partition coefficient (Wildman–Crippen LogP) is 4.74. The molecule has 0 radical (unpaired) electrons. The normalized spacial score (nSPS) is 13.4. The second-order valence-corrected chi connectivity index (χ2v) is 4.64. The van der Waals surface area contributed by atoms with Crippen molar-refractivity contribution >= 4 is 21.7 Å². The summed E-state index contributed by atoms with van der Waals surface area (Å²) in [7, 11) is 0. The maximum absolute atomic E-state index is 13.2. The van der Waals surface area contributed by atoms with Crippen LogP contribution in [0.25, 0.3) is 0 Å². The molecule has 0 saturated heterocycles. The Morgan fingerprint density at radius 2 is 1.29 bits per heavy atom. The van der Waals surface area contributed by atoms with Gasteiger partial charge in [0, 0.05) is 4.47 Å². The number of hydrogen-bond donors (Lipinski definition) is 0. The van der Waals surface area contributed by atoms with E-state index in [1.807, 2.05) is 0 Å². The number of Topliss-reactive ketones (excluding diaryl/α,β-unsaturated/α-hetero) is 1. The molecule has 1 nitrogen and oxygen atoms in total. The number of alkyl halides is 7. The lowest BCUT2D eigenvalue weighted by Crippen LogP contribution is -2.56. The highest BCUT2D eigenvalue weighted by molar-refractivity contribution is 9.10. The van der Waals surface area contributed by atoms with Gasteiger partial charge >= 0.3 is 18.0 Å². The molecule has 0 aliphatic heterocycles. The fourth-order valence-corrected chi connectivity index (χ4v) is 1.64. The minimum Gasteiger partial charge on any atom is -0.287 e. The van der Waals surface area contributed by atoms with Crippen molar-refractivity contribution in [3.63, 3.8) is 0 Å². The molecule has 0 amide bonds. The van der Waals surface area contributed by atoms with Crippen LogP contribution in [0.3, 0.4) is 0 Å². The average molecular weight is 389 g/mol. The summed E-state index contributed by atoms with van der Waals surface area (Å²) >= 11 is 2.51. The smallest absolute Gasteiger partial charge is 0.287 e. The molecule has 0 N–H and O–H groups in total. The number of ketones is 1. The van der Waals surface area contributed by atoms with E-state index in [0.29, 0.717) is 0 Å². The summed E-state index contributed by atoms with van der Waals surface area (Å²) in [5, 5.41) is 0. The van der Waals surface area contributed by atoms with E-state index in [-0.39, 0.29) is 16.6 Å². The number of hydrogen-bond acceptors (Lipinski definition) is 1. The zero-order chi connectivity index (χ0) is 16.8. The van der Waals surface area contributed by atoms with E-state index >= 15 is 0 Å². The van der Waals surface area contributed by atoms with E-state index in [9.17, 15) is 44.3 Å². The van der Waals surface area contributed by atoms with E-state index in [2.05, 4.69) is 15.9 Å². The summed E-state index contributed by atoms with van der Waals surface area (Å²) in [6.07, 6.45) is -6.78. The van der Waals surface area contributed by atoms with Crippen LogP contribution >= 0.6 is 15.9 Å². The number of carbonyl (C=O) groups excluding carboxylic acids is 1. The first-order valence-electron chi connectivity index (χ1n) is 4.75. The first-order valence-corrected chi connectivity index (χ1v) is 5.54. The number of halogens is 10. The summed E-state index contributed by atoms with van der Waals surface area (Å²) in [5.41, 5.74) is -2.19. The monoisotopic (exact) mass is 388 g/mol. The molecule has 0 atom stereocenters. The van der Waals surface area contributed by atoms with Crippen molar-refractivity contribution in [2.75, 3.05) is 0 Å². The summed E-state index contributed by atoms with van der Waals surface area (Å²) in [5.74, 6) is -20.5. The SMILES string of the molecule is O=C(c1c(F)cc(Br)cc1F)C(F)(F)C(F)(F)C(F)(F)F. The molecule has 1 aromatic carbocycles. The molecule has 1 rings (SSSR count). The molecule has 0 spiro atoms. The fourth-order valence-electron chi connectivity index (χ4n) is 1.24. The van der Waals surface area contributed by atoms with Crippen LogP contribution in [0.2, 0.25) is 0 Å². The molecule has 0 bridgehead atoms. The lowest BCUT2D eigenvalue weighted by Gasteiger charge is -2.27. The number of rotatable bonds is 3. The third-order valence-corrected chi connectivity index (χ3v) is 2.73. The van der Waals surface area contributed by atoms with Gasteiger partial charge in [0.05, 0.1) is 5.56 Å². The highest BCUT2D eigenvalue weighted by Gasteiger charge is 2.76. The van der Waals surface area contributed by atoms with Gasteiger partial charge in [-0.05, 0) is 12.1 Å². The van der Waals surface area contributed by atoms with Gasteiger partial charge < -0.3 is 0 Å². The van der Waals surface area contributed by atoms with Gasteiger partial charge in [0.1, 0.15) is 11.6 Å². The maximum atomic E-state index is 13.2. The third kappa shape index (κ3) is 2.87. The Balaban J connectivity index is 3.44. The number of benzene rings is 1. The molecule has 21 heavy (non-hydrogen) atoms. The van der Waals surface area contributed by atoms with Crippen LogP contribution in [0.15, 0.2) is 16.6 Å². The minimum atomic E-state index is -6.79. The van der Waals surface area contributed by atoms with E-state index in [0.717, 1.165) is 0 Å². The molecular weight excluding hydrogens is 387 g/mol. The van der Waals surface area contributed by atoms with E-state index in [4.69, 9.17) is 0 Å². The van der Waals surface area contributed by atoms with Crippen molar-refractivity contribution in [2.45, 2.75) is 18.0 Å². The second kappa shape index (κ2) is 5.18. The lowest BCUT2D eigenvalue weighted by molar-refractivity contribution is -0.339. The van der Waals surface area contributed by atoms with Gasteiger partial charge in [-0.2, -0.15) is 30.7 Å². The molecule has 0 aromatic heterocycles. The Morgan fingerprint density at radius 1 is 0.905 bits per heavy atom. The highest BCUT2D eigenvalue weighted by Crippen LogP contribution is 2.48.